The van der Waals surface area contributed by atoms with Gasteiger partial charge < -0.3 is 5.32 Å². The van der Waals surface area contributed by atoms with Crippen molar-refractivity contribution in [3.8, 4) is 0 Å². The summed E-state index contributed by atoms with van der Waals surface area (Å²) in [7, 11) is 3.65. The fraction of sp³-hybridized carbons (Fsp3) is 0.480. The highest BCUT2D eigenvalue weighted by Gasteiger charge is 2.32. The molecule has 1 fully saturated rings. The number of likely N-dealkylation sites (tertiary alicyclic amines) is 1. The number of nitrogens with zero attached hydrogens (tertiary/aromatic N) is 3. The Kier molecular flexibility index (Phi) is 6.19. The van der Waals surface area contributed by atoms with E-state index in [1.165, 1.54) is 11.6 Å². The van der Waals surface area contributed by atoms with Gasteiger partial charge in [0.15, 0.2) is 0 Å². The molecule has 31 heavy (non-hydrogen) atoms. The number of aromatic nitrogens is 2. The minimum Gasteiger partial charge on any atom is -0.381 e. The first-order valence-electron chi connectivity index (χ1n) is 11.2. The van der Waals surface area contributed by atoms with Crippen molar-refractivity contribution in [2.75, 3.05) is 11.9 Å². The Morgan fingerprint density at radius 3 is 2.61 bits per heavy atom. The molecule has 1 aromatic heterocycles. The normalized spacial score (nSPS) is 19.9. The summed E-state index contributed by atoms with van der Waals surface area (Å²) in [5.41, 5.74) is 3.99. The summed E-state index contributed by atoms with van der Waals surface area (Å²) in [6.07, 6.45) is 3.27. The summed E-state index contributed by atoms with van der Waals surface area (Å²) < 4.78 is 17.1. The Hall–Kier alpha value is -2.60. The third-order valence-electron chi connectivity index (χ3n) is 6.51. The molecule has 0 aliphatic carbocycles. The molecule has 3 aromatic rings. The van der Waals surface area contributed by atoms with Crippen molar-refractivity contribution >= 4 is 16.7 Å². The molecule has 2 aromatic carbocycles. The van der Waals surface area contributed by atoms with Crippen LogP contribution >= 0.6 is 0 Å². The van der Waals surface area contributed by atoms with Crippen LogP contribution in [0, 0.1) is 11.7 Å². The van der Waals surface area contributed by atoms with Crippen LogP contribution in [0.3, 0.4) is 0 Å². The van der Waals surface area contributed by atoms with Crippen LogP contribution in [0.4, 0.5) is 10.1 Å². The van der Waals surface area contributed by atoms with Gasteiger partial charge in [0.1, 0.15) is 5.82 Å². The maximum atomic E-state index is 13.7. The van der Waals surface area contributed by atoms with Crippen molar-refractivity contribution in [2.45, 2.75) is 51.7 Å². The van der Waals surface area contributed by atoms with Crippen LogP contribution in [0.5, 0.6) is 0 Å². The summed E-state index contributed by atoms with van der Waals surface area (Å²) in [6, 6.07) is 13.7. The van der Waals surface area contributed by atoms with Crippen molar-refractivity contribution in [3.63, 3.8) is 0 Å². The van der Waals surface area contributed by atoms with Gasteiger partial charge in [0, 0.05) is 38.4 Å². The number of fused-ring (bicyclic) bond motifs is 1. The van der Waals surface area contributed by atoms with Crippen molar-refractivity contribution in [1.82, 2.24) is 14.0 Å². The Balaban J connectivity index is 1.59. The lowest BCUT2D eigenvalue weighted by molar-refractivity contribution is 0.110. The van der Waals surface area contributed by atoms with Gasteiger partial charge in [0.2, 0.25) is 0 Å². The van der Waals surface area contributed by atoms with Gasteiger partial charge in [-0.05, 0) is 67.6 Å². The molecule has 0 bridgehead atoms. The first kappa shape index (κ1) is 21.6. The van der Waals surface area contributed by atoms with E-state index >= 15 is 0 Å². The van der Waals surface area contributed by atoms with Gasteiger partial charge in [-0.25, -0.2) is 9.18 Å². The van der Waals surface area contributed by atoms with Crippen molar-refractivity contribution in [1.29, 1.82) is 0 Å². The molecule has 1 N–H and O–H groups in total. The number of imidazole rings is 1. The lowest BCUT2D eigenvalue weighted by Gasteiger charge is -2.43. The molecule has 0 saturated carbocycles. The molecule has 6 heteroatoms. The molecular formula is C25H33FN4O. The lowest BCUT2D eigenvalue weighted by Crippen LogP contribution is -2.51. The third kappa shape index (κ3) is 4.54. The molecule has 1 aliphatic rings. The highest BCUT2D eigenvalue weighted by atomic mass is 19.1. The average molecular weight is 425 g/mol. The fourth-order valence-corrected chi connectivity index (χ4v) is 4.97. The average Bonchev–Trinajstić information content (AvgIpc) is 2.94. The number of benzene rings is 2. The molecule has 4 rings (SSSR count). The van der Waals surface area contributed by atoms with E-state index in [2.05, 4.69) is 42.3 Å². The van der Waals surface area contributed by atoms with Gasteiger partial charge in [0.05, 0.1) is 11.0 Å². The van der Waals surface area contributed by atoms with Crippen LogP contribution in [-0.4, -0.2) is 32.7 Å². The number of halogens is 1. The van der Waals surface area contributed by atoms with Gasteiger partial charge in [-0.3, -0.25) is 14.0 Å². The van der Waals surface area contributed by atoms with E-state index in [0.29, 0.717) is 12.0 Å². The van der Waals surface area contributed by atoms with E-state index in [4.69, 9.17) is 0 Å². The van der Waals surface area contributed by atoms with Gasteiger partial charge in [-0.15, -0.1) is 0 Å². The first-order chi connectivity index (χ1) is 14.8. The minimum atomic E-state index is -0.208. The smallest absolute Gasteiger partial charge is 0.328 e. The van der Waals surface area contributed by atoms with Crippen LogP contribution in [0.25, 0.3) is 11.0 Å². The second-order valence-electron chi connectivity index (χ2n) is 9.29. The largest absolute Gasteiger partial charge is 0.381 e. The number of aryl methyl sites for hydroxylation is 2. The minimum absolute atomic E-state index is 0.00200. The van der Waals surface area contributed by atoms with E-state index < -0.39 is 0 Å². The van der Waals surface area contributed by atoms with Crippen molar-refractivity contribution in [3.05, 3.63) is 64.3 Å². The molecule has 0 amide bonds. The van der Waals surface area contributed by atoms with Gasteiger partial charge in [0.25, 0.3) is 0 Å². The topological polar surface area (TPSA) is 42.2 Å². The Morgan fingerprint density at radius 2 is 1.87 bits per heavy atom. The predicted octanol–water partition coefficient (Wildman–Crippen LogP) is 4.51. The maximum Gasteiger partial charge on any atom is 0.328 e. The van der Waals surface area contributed by atoms with Gasteiger partial charge >= 0.3 is 5.69 Å². The molecule has 0 unspecified atom stereocenters. The third-order valence-corrected chi connectivity index (χ3v) is 6.51. The molecule has 2 atom stereocenters. The fourth-order valence-electron chi connectivity index (χ4n) is 4.97. The second kappa shape index (κ2) is 8.87. The lowest BCUT2D eigenvalue weighted by atomic mass is 9.89. The zero-order valence-electron chi connectivity index (χ0n) is 18.9. The molecule has 1 saturated heterocycles. The molecule has 1 aliphatic heterocycles. The predicted molar refractivity (Wildman–Crippen MR) is 125 cm³/mol. The number of anilines is 1. The summed E-state index contributed by atoms with van der Waals surface area (Å²) in [6.45, 7) is 6.41. The first-order valence-corrected chi connectivity index (χ1v) is 11.2. The molecule has 0 spiro atoms. The molecule has 0 radical (unpaired) electrons. The quantitative estimate of drug-likeness (QED) is 0.633. The van der Waals surface area contributed by atoms with E-state index in [1.807, 2.05) is 20.2 Å². The van der Waals surface area contributed by atoms with Crippen molar-refractivity contribution < 1.29 is 4.39 Å². The maximum absolute atomic E-state index is 13.7. The van der Waals surface area contributed by atoms with E-state index in [0.717, 1.165) is 49.1 Å². The summed E-state index contributed by atoms with van der Waals surface area (Å²) in [5, 5.41) is 3.61. The molecule has 2 heterocycles. The number of rotatable bonds is 6. The number of hydrogen-bond acceptors (Lipinski definition) is 3. The summed E-state index contributed by atoms with van der Waals surface area (Å²) >= 11 is 0. The Morgan fingerprint density at radius 1 is 1.10 bits per heavy atom. The van der Waals surface area contributed by atoms with Crippen LogP contribution in [0.1, 0.15) is 38.7 Å². The number of piperidine rings is 1. The van der Waals surface area contributed by atoms with E-state index in [-0.39, 0.29) is 17.5 Å². The van der Waals surface area contributed by atoms with Crippen LogP contribution in [-0.2, 0) is 20.6 Å². The molecular weight excluding hydrogens is 391 g/mol. The zero-order valence-corrected chi connectivity index (χ0v) is 18.9. The van der Waals surface area contributed by atoms with Crippen molar-refractivity contribution in [2.24, 2.45) is 20.0 Å². The second-order valence-corrected chi connectivity index (χ2v) is 9.29. The van der Waals surface area contributed by atoms with Gasteiger partial charge in [-0.2, -0.15) is 0 Å². The summed E-state index contributed by atoms with van der Waals surface area (Å²) in [4.78, 5) is 14.8. The zero-order chi connectivity index (χ0) is 22.1. The monoisotopic (exact) mass is 424 g/mol. The Labute approximate surface area is 183 Å². The summed E-state index contributed by atoms with van der Waals surface area (Å²) in [5.74, 6) is 0.361. The van der Waals surface area contributed by atoms with Crippen LogP contribution in [0.2, 0.25) is 0 Å². The van der Waals surface area contributed by atoms with Crippen LogP contribution < -0.4 is 11.0 Å². The standard InChI is InChI=1S/C25H33FN4O/c1-17(2)13-23-21(27-20-8-5-7-19(26)15-20)9-6-12-30(23)16-18-10-11-22-24(14-18)29(4)25(31)28(22)3/h5,7-8,10-11,14-15,17,21,23,27H,6,9,12-13,16H2,1-4H3/t21-,23-/m1/s1. The van der Waals surface area contributed by atoms with E-state index in [9.17, 15) is 9.18 Å². The highest BCUT2D eigenvalue weighted by molar-refractivity contribution is 5.76. The van der Waals surface area contributed by atoms with E-state index in [1.54, 1.807) is 21.3 Å². The van der Waals surface area contributed by atoms with Crippen LogP contribution in [0.15, 0.2) is 47.3 Å². The molecule has 166 valence electrons. The number of hydrogen-bond donors (Lipinski definition) is 1. The highest BCUT2D eigenvalue weighted by Crippen LogP contribution is 2.28. The SMILES string of the molecule is CC(C)C[C@@H]1[C@H](Nc2cccc(F)c2)CCCN1Cc1ccc2c(c1)n(C)c(=O)n2C. The molecule has 5 nitrogen and oxygen atoms in total. The van der Waals surface area contributed by atoms with Gasteiger partial charge in [-0.1, -0.05) is 26.0 Å². The number of nitrogens with one attached hydrogen (secondary N) is 1. The Bertz CT molecular complexity index is 1120.